The van der Waals surface area contributed by atoms with Crippen molar-refractivity contribution < 1.29 is 9.59 Å². The minimum Gasteiger partial charge on any atom is -0.367 e. The Morgan fingerprint density at radius 3 is 2.38 bits per heavy atom. The number of pyridine rings is 1. The average Bonchev–Trinajstić information content (AvgIpc) is 3.20. The Bertz CT molecular complexity index is 1300. The van der Waals surface area contributed by atoms with Gasteiger partial charge < -0.3 is 19.7 Å². The van der Waals surface area contributed by atoms with Crippen molar-refractivity contribution in [2.24, 2.45) is 14.1 Å². The molecule has 2 amide bonds. The first-order valence-electron chi connectivity index (χ1n) is 10.1. The lowest BCUT2D eigenvalue weighted by Gasteiger charge is -2.35. The molecule has 12 heteroatoms. The van der Waals surface area contributed by atoms with Gasteiger partial charge in [0.1, 0.15) is 12.4 Å². The van der Waals surface area contributed by atoms with Crippen molar-refractivity contribution in [2.45, 2.75) is 13.5 Å². The Hall–Kier alpha value is -3.96. The number of amides is 2. The van der Waals surface area contributed by atoms with Crippen LogP contribution in [0.1, 0.15) is 6.92 Å². The molecule has 0 spiro atoms. The number of aryl methyl sites for hydroxylation is 1. The molecule has 1 fully saturated rings. The highest BCUT2D eigenvalue weighted by Crippen LogP contribution is 2.17. The molecule has 12 nitrogen and oxygen atoms in total. The van der Waals surface area contributed by atoms with Gasteiger partial charge in [-0.25, -0.2) is 14.8 Å². The maximum Gasteiger partial charge on any atom is 0.332 e. The van der Waals surface area contributed by atoms with Crippen LogP contribution in [0, 0.1) is 0 Å². The summed E-state index contributed by atoms with van der Waals surface area (Å²) in [4.78, 5) is 60.9. The van der Waals surface area contributed by atoms with Gasteiger partial charge in [0.15, 0.2) is 11.2 Å². The molecule has 1 aliphatic heterocycles. The Morgan fingerprint density at radius 1 is 1.03 bits per heavy atom. The van der Waals surface area contributed by atoms with Crippen LogP contribution in [0.25, 0.3) is 11.2 Å². The Balaban J connectivity index is 1.44. The Labute approximate surface area is 182 Å². The molecule has 0 atom stereocenters. The van der Waals surface area contributed by atoms with Gasteiger partial charge in [-0.05, 0) is 12.1 Å². The summed E-state index contributed by atoms with van der Waals surface area (Å²) in [5, 5.41) is 2.71. The van der Waals surface area contributed by atoms with E-state index in [1.54, 1.807) is 19.2 Å². The second kappa shape index (κ2) is 8.29. The third kappa shape index (κ3) is 3.86. The smallest absolute Gasteiger partial charge is 0.332 e. The van der Waals surface area contributed by atoms with Gasteiger partial charge in [0, 0.05) is 47.2 Å². The molecule has 3 aromatic heterocycles. The van der Waals surface area contributed by atoms with Gasteiger partial charge in [-0.1, -0.05) is 0 Å². The molecule has 0 aliphatic carbocycles. The first-order valence-corrected chi connectivity index (χ1v) is 10.1. The number of rotatable bonds is 4. The number of carbonyl (C=O) groups is 2. The zero-order valence-electron chi connectivity index (χ0n) is 18.1. The molecule has 1 saturated heterocycles. The van der Waals surface area contributed by atoms with E-state index in [2.05, 4.69) is 20.2 Å². The number of nitrogens with zero attached hydrogens (tertiary/aromatic N) is 7. The van der Waals surface area contributed by atoms with Crippen molar-refractivity contribution in [2.75, 3.05) is 36.4 Å². The predicted molar refractivity (Wildman–Crippen MR) is 118 cm³/mol. The third-order valence-corrected chi connectivity index (χ3v) is 5.64. The molecule has 1 aliphatic rings. The van der Waals surface area contributed by atoms with Crippen molar-refractivity contribution >= 4 is 34.5 Å². The molecule has 1 N–H and O–H groups in total. The molecule has 168 valence electrons. The molecule has 0 saturated carbocycles. The fraction of sp³-hybridized carbons (Fsp3) is 0.400. The number of carbonyl (C=O) groups excluding carboxylic acids is 2. The van der Waals surface area contributed by atoms with E-state index in [1.165, 1.54) is 29.6 Å². The van der Waals surface area contributed by atoms with E-state index in [0.29, 0.717) is 18.9 Å². The van der Waals surface area contributed by atoms with Crippen LogP contribution < -0.4 is 21.5 Å². The summed E-state index contributed by atoms with van der Waals surface area (Å²) in [6.45, 7) is 4.19. The summed E-state index contributed by atoms with van der Waals surface area (Å²) in [5.74, 6) is 0.0768. The van der Waals surface area contributed by atoms with E-state index >= 15 is 0 Å². The first kappa shape index (κ1) is 21.3. The quantitative estimate of drug-likeness (QED) is 0.559. The topological polar surface area (TPSA) is 127 Å². The first-order chi connectivity index (χ1) is 15.3. The van der Waals surface area contributed by atoms with Crippen LogP contribution in [0.5, 0.6) is 0 Å². The normalized spacial score (nSPS) is 14.1. The number of fused-ring (bicyclic) bond motifs is 1. The Morgan fingerprint density at radius 2 is 1.75 bits per heavy atom. The second-order valence-corrected chi connectivity index (χ2v) is 7.69. The van der Waals surface area contributed by atoms with E-state index in [4.69, 9.17) is 0 Å². The highest BCUT2D eigenvalue weighted by atomic mass is 16.2. The van der Waals surface area contributed by atoms with Gasteiger partial charge in [0.25, 0.3) is 5.56 Å². The molecule has 3 aromatic rings. The number of hydrogen-bond donors (Lipinski definition) is 1. The molecule has 0 radical (unpaired) electrons. The van der Waals surface area contributed by atoms with Crippen LogP contribution >= 0.6 is 0 Å². The van der Waals surface area contributed by atoms with Crippen molar-refractivity contribution in [3.63, 3.8) is 0 Å². The van der Waals surface area contributed by atoms with Crippen molar-refractivity contribution in [3.8, 4) is 0 Å². The van der Waals surface area contributed by atoms with Crippen molar-refractivity contribution in [1.82, 2.24) is 28.6 Å². The van der Waals surface area contributed by atoms with E-state index in [-0.39, 0.29) is 29.5 Å². The lowest BCUT2D eigenvalue weighted by Crippen LogP contribution is -2.48. The number of anilines is 2. The van der Waals surface area contributed by atoms with Crippen LogP contribution in [-0.2, 0) is 30.2 Å². The number of hydrogen-bond acceptors (Lipinski definition) is 7. The summed E-state index contributed by atoms with van der Waals surface area (Å²) in [7, 11) is 2.90. The SMILES string of the molecule is CC(=O)N1CCN(c2ccc(NC(=O)Cn3cnc4c3c(=O)n(C)c(=O)n4C)nc2)CC1. The monoisotopic (exact) mass is 440 g/mol. The predicted octanol–water partition coefficient (Wildman–Crippen LogP) is -0.864. The van der Waals surface area contributed by atoms with Gasteiger partial charge in [0.05, 0.1) is 18.2 Å². The fourth-order valence-electron chi connectivity index (χ4n) is 3.78. The summed E-state index contributed by atoms with van der Waals surface area (Å²) < 4.78 is 3.66. The fourth-order valence-corrected chi connectivity index (χ4v) is 3.78. The minimum absolute atomic E-state index is 0.0755. The lowest BCUT2D eigenvalue weighted by atomic mass is 10.2. The maximum absolute atomic E-state index is 12.5. The zero-order valence-corrected chi connectivity index (χ0v) is 18.1. The highest BCUT2D eigenvalue weighted by Gasteiger charge is 2.19. The summed E-state index contributed by atoms with van der Waals surface area (Å²) in [5.41, 5.74) is 0.317. The van der Waals surface area contributed by atoms with Crippen LogP contribution in [0.3, 0.4) is 0 Å². The molecular weight excluding hydrogens is 416 g/mol. The molecule has 0 unspecified atom stereocenters. The zero-order chi connectivity index (χ0) is 23.0. The van der Waals surface area contributed by atoms with Crippen molar-refractivity contribution in [3.05, 3.63) is 45.5 Å². The molecule has 4 rings (SSSR count). The van der Waals surface area contributed by atoms with Crippen LogP contribution in [0.4, 0.5) is 11.5 Å². The Kier molecular flexibility index (Phi) is 5.51. The number of nitrogens with one attached hydrogen (secondary N) is 1. The summed E-state index contributed by atoms with van der Waals surface area (Å²) in [6, 6.07) is 3.57. The van der Waals surface area contributed by atoms with E-state index in [0.717, 1.165) is 23.3 Å². The average molecular weight is 440 g/mol. The van der Waals surface area contributed by atoms with Gasteiger partial charge in [0.2, 0.25) is 11.8 Å². The molecule has 32 heavy (non-hydrogen) atoms. The van der Waals surface area contributed by atoms with Gasteiger partial charge in [-0.3, -0.25) is 23.5 Å². The third-order valence-electron chi connectivity index (χ3n) is 5.64. The summed E-state index contributed by atoms with van der Waals surface area (Å²) >= 11 is 0. The van der Waals surface area contributed by atoms with Crippen LogP contribution in [0.15, 0.2) is 34.2 Å². The largest absolute Gasteiger partial charge is 0.367 e. The second-order valence-electron chi connectivity index (χ2n) is 7.69. The van der Waals surface area contributed by atoms with Gasteiger partial charge in [-0.15, -0.1) is 0 Å². The van der Waals surface area contributed by atoms with E-state index in [9.17, 15) is 19.2 Å². The highest BCUT2D eigenvalue weighted by molar-refractivity contribution is 5.90. The molecule has 4 heterocycles. The lowest BCUT2D eigenvalue weighted by molar-refractivity contribution is -0.129. The number of piperazine rings is 1. The van der Waals surface area contributed by atoms with Crippen molar-refractivity contribution in [1.29, 1.82) is 0 Å². The number of imidazole rings is 1. The molecular formula is C20H24N8O4. The van der Waals surface area contributed by atoms with Gasteiger partial charge >= 0.3 is 5.69 Å². The minimum atomic E-state index is -0.513. The number of aromatic nitrogens is 5. The van der Waals surface area contributed by atoms with E-state index in [1.807, 2.05) is 11.0 Å². The van der Waals surface area contributed by atoms with Crippen LogP contribution in [-0.4, -0.2) is 66.6 Å². The molecule has 0 aromatic carbocycles. The van der Waals surface area contributed by atoms with Crippen LogP contribution in [0.2, 0.25) is 0 Å². The molecule has 0 bridgehead atoms. The maximum atomic E-state index is 12.5. The standard InChI is InChI=1S/C20H24N8O4/c1-13(29)26-6-8-27(9-7-26)14-4-5-15(21-10-14)23-16(30)11-28-12-22-18-17(28)19(31)25(3)20(32)24(18)2/h4-5,10,12H,6-9,11H2,1-3H3,(H,21,23,30). The van der Waals surface area contributed by atoms with Gasteiger partial charge in [-0.2, -0.15) is 0 Å². The van der Waals surface area contributed by atoms with E-state index < -0.39 is 11.2 Å². The summed E-state index contributed by atoms with van der Waals surface area (Å²) in [6.07, 6.45) is 3.04.